The van der Waals surface area contributed by atoms with Gasteiger partial charge in [0.25, 0.3) is 0 Å². The minimum atomic E-state index is -0.318. The topological polar surface area (TPSA) is 79.8 Å². The molecule has 0 spiro atoms. The highest BCUT2D eigenvalue weighted by atomic mass is 16.2. The lowest BCUT2D eigenvalue weighted by atomic mass is 10.0. The molecule has 2 heterocycles. The van der Waals surface area contributed by atoms with Gasteiger partial charge < -0.3 is 10.6 Å². The van der Waals surface area contributed by atoms with Gasteiger partial charge in [0.05, 0.1) is 0 Å². The van der Waals surface area contributed by atoms with Crippen LogP contribution in [0.15, 0.2) is 24.5 Å². The third-order valence-electron chi connectivity index (χ3n) is 4.45. The van der Waals surface area contributed by atoms with Gasteiger partial charge in [0.2, 0.25) is 5.91 Å². The summed E-state index contributed by atoms with van der Waals surface area (Å²) >= 11 is 0. The monoisotopic (exact) mass is 339 g/mol. The normalized spacial score (nSPS) is 14.2. The molecular weight excluding hydrogens is 314 g/mol. The summed E-state index contributed by atoms with van der Waals surface area (Å²) in [6, 6.07) is 3.52. The molecule has 0 aromatic carbocycles. The van der Waals surface area contributed by atoms with Crippen LogP contribution in [0.3, 0.4) is 0 Å². The summed E-state index contributed by atoms with van der Waals surface area (Å²) in [5.41, 5.74) is 3.11. The van der Waals surface area contributed by atoms with Crippen molar-refractivity contribution in [1.82, 2.24) is 20.3 Å². The number of likely N-dealkylation sites (N-methyl/N-ethyl adjacent to an activating group) is 1. The van der Waals surface area contributed by atoms with Crippen LogP contribution >= 0.6 is 0 Å². The van der Waals surface area contributed by atoms with E-state index in [1.165, 1.54) is 0 Å². The maximum atomic E-state index is 12.4. The van der Waals surface area contributed by atoms with E-state index in [-0.39, 0.29) is 17.9 Å². The van der Waals surface area contributed by atoms with E-state index >= 15 is 0 Å². The number of fused-ring (bicyclic) bond motifs is 1. The fourth-order valence-corrected chi connectivity index (χ4v) is 3.14. The third kappa shape index (κ3) is 3.78. The molecule has 0 fully saturated rings. The number of hydrogen-bond donors (Lipinski definition) is 2. The van der Waals surface area contributed by atoms with E-state index in [0.717, 1.165) is 41.9 Å². The van der Waals surface area contributed by atoms with E-state index in [1.54, 1.807) is 12.4 Å². The van der Waals surface area contributed by atoms with Gasteiger partial charge in [-0.25, -0.2) is 9.97 Å². The first kappa shape index (κ1) is 17.3. The summed E-state index contributed by atoms with van der Waals surface area (Å²) in [4.78, 5) is 26.0. The van der Waals surface area contributed by atoms with Crippen molar-refractivity contribution in [2.75, 3.05) is 11.9 Å². The SMILES string of the molecule is CCNC(=O)[C@@H](Nc1nc(-c2cccnc2)nc2c1CCC2)C(C)C. The van der Waals surface area contributed by atoms with Crippen LogP contribution in [0.1, 0.15) is 38.4 Å². The van der Waals surface area contributed by atoms with Gasteiger partial charge in [-0.3, -0.25) is 9.78 Å². The van der Waals surface area contributed by atoms with Crippen molar-refractivity contribution in [3.63, 3.8) is 0 Å². The number of anilines is 1. The van der Waals surface area contributed by atoms with E-state index in [0.29, 0.717) is 12.4 Å². The van der Waals surface area contributed by atoms with Crippen molar-refractivity contribution >= 4 is 11.7 Å². The summed E-state index contributed by atoms with van der Waals surface area (Å²) in [5, 5.41) is 6.30. The van der Waals surface area contributed by atoms with Crippen LogP contribution in [0, 0.1) is 5.92 Å². The first-order chi connectivity index (χ1) is 12.1. The van der Waals surface area contributed by atoms with Crippen LogP contribution in [0.5, 0.6) is 0 Å². The number of nitrogens with one attached hydrogen (secondary N) is 2. The number of carbonyl (C=O) groups excluding carboxylic acids is 1. The highest BCUT2D eigenvalue weighted by Gasteiger charge is 2.26. The maximum Gasteiger partial charge on any atom is 0.242 e. The highest BCUT2D eigenvalue weighted by molar-refractivity contribution is 5.85. The minimum Gasteiger partial charge on any atom is -0.358 e. The Labute approximate surface area is 148 Å². The first-order valence-corrected chi connectivity index (χ1v) is 8.94. The molecule has 25 heavy (non-hydrogen) atoms. The molecular formula is C19H25N5O. The molecule has 1 aliphatic carbocycles. The number of nitrogens with zero attached hydrogens (tertiary/aromatic N) is 3. The van der Waals surface area contributed by atoms with Gasteiger partial charge in [0.1, 0.15) is 11.9 Å². The number of pyridine rings is 1. The van der Waals surface area contributed by atoms with Crippen molar-refractivity contribution in [3.8, 4) is 11.4 Å². The Balaban J connectivity index is 1.97. The molecule has 0 saturated carbocycles. The molecule has 132 valence electrons. The van der Waals surface area contributed by atoms with E-state index in [2.05, 4.69) is 15.6 Å². The third-order valence-corrected chi connectivity index (χ3v) is 4.45. The molecule has 0 aliphatic heterocycles. The number of hydrogen-bond acceptors (Lipinski definition) is 5. The molecule has 3 rings (SSSR count). The highest BCUT2D eigenvalue weighted by Crippen LogP contribution is 2.30. The van der Waals surface area contributed by atoms with Gasteiger partial charge in [-0.1, -0.05) is 13.8 Å². The molecule has 6 nitrogen and oxygen atoms in total. The van der Waals surface area contributed by atoms with E-state index in [4.69, 9.17) is 9.97 Å². The van der Waals surface area contributed by atoms with Crippen molar-refractivity contribution < 1.29 is 4.79 Å². The number of aromatic nitrogens is 3. The van der Waals surface area contributed by atoms with Gasteiger partial charge in [-0.15, -0.1) is 0 Å². The lowest BCUT2D eigenvalue weighted by Crippen LogP contribution is -2.43. The molecule has 2 aromatic rings. The van der Waals surface area contributed by atoms with Gasteiger partial charge in [0.15, 0.2) is 5.82 Å². The second-order valence-electron chi connectivity index (χ2n) is 6.68. The number of aryl methyl sites for hydroxylation is 1. The van der Waals surface area contributed by atoms with Gasteiger partial charge in [-0.2, -0.15) is 0 Å². The second kappa shape index (κ2) is 7.59. The van der Waals surface area contributed by atoms with Crippen LogP contribution in [0.25, 0.3) is 11.4 Å². The molecule has 0 bridgehead atoms. The van der Waals surface area contributed by atoms with Crippen molar-refractivity contribution in [2.45, 2.75) is 46.1 Å². The van der Waals surface area contributed by atoms with E-state index < -0.39 is 0 Å². The van der Waals surface area contributed by atoms with Crippen LogP contribution in [-0.4, -0.2) is 33.4 Å². The fraction of sp³-hybridized carbons (Fsp3) is 0.474. The van der Waals surface area contributed by atoms with Gasteiger partial charge in [0, 0.05) is 35.8 Å². The second-order valence-corrected chi connectivity index (χ2v) is 6.68. The average molecular weight is 339 g/mol. The summed E-state index contributed by atoms with van der Waals surface area (Å²) in [6.07, 6.45) is 6.48. The van der Waals surface area contributed by atoms with Crippen LogP contribution in [0.4, 0.5) is 5.82 Å². The van der Waals surface area contributed by atoms with Crippen molar-refractivity contribution in [1.29, 1.82) is 0 Å². The predicted molar refractivity (Wildman–Crippen MR) is 98.2 cm³/mol. The summed E-state index contributed by atoms with van der Waals surface area (Å²) < 4.78 is 0. The Morgan fingerprint density at radius 3 is 2.80 bits per heavy atom. The fourth-order valence-electron chi connectivity index (χ4n) is 3.14. The Hall–Kier alpha value is -2.50. The zero-order valence-corrected chi connectivity index (χ0v) is 15.0. The zero-order chi connectivity index (χ0) is 17.8. The lowest BCUT2D eigenvalue weighted by Gasteiger charge is -2.23. The quantitative estimate of drug-likeness (QED) is 0.845. The smallest absolute Gasteiger partial charge is 0.242 e. The Kier molecular flexibility index (Phi) is 5.26. The zero-order valence-electron chi connectivity index (χ0n) is 15.0. The maximum absolute atomic E-state index is 12.4. The van der Waals surface area contributed by atoms with Crippen molar-refractivity contribution in [2.24, 2.45) is 5.92 Å². The standard InChI is InChI=1S/C19H25N5O/c1-4-21-19(25)16(12(2)3)23-18-14-8-5-9-15(14)22-17(24-18)13-7-6-10-20-11-13/h6-7,10-12,16H,4-5,8-9H2,1-3H3,(H,21,25)(H,22,23,24)/t16-/m0/s1. The molecule has 2 N–H and O–H groups in total. The Morgan fingerprint density at radius 2 is 2.12 bits per heavy atom. The predicted octanol–water partition coefficient (Wildman–Crippen LogP) is 2.60. The number of amides is 1. The Bertz CT molecular complexity index is 745. The summed E-state index contributed by atoms with van der Waals surface area (Å²) in [6.45, 7) is 6.62. The minimum absolute atomic E-state index is 0.00536. The lowest BCUT2D eigenvalue weighted by molar-refractivity contribution is -0.122. The molecule has 6 heteroatoms. The summed E-state index contributed by atoms with van der Waals surface area (Å²) in [7, 11) is 0. The molecule has 1 amide bonds. The molecule has 0 unspecified atom stereocenters. The van der Waals surface area contributed by atoms with Gasteiger partial charge in [-0.05, 0) is 44.2 Å². The van der Waals surface area contributed by atoms with E-state index in [1.807, 2.05) is 32.9 Å². The molecule has 0 radical (unpaired) electrons. The number of rotatable bonds is 6. The average Bonchev–Trinajstić information content (AvgIpc) is 3.08. The van der Waals surface area contributed by atoms with Crippen LogP contribution in [-0.2, 0) is 17.6 Å². The molecule has 1 aliphatic rings. The summed E-state index contributed by atoms with van der Waals surface area (Å²) in [5.74, 6) is 1.60. The molecule has 0 saturated heterocycles. The largest absolute Gasteiger partial charge is 0.358 e. The molecule has 1 atom stereocenters. The van der Waals surface area contributed by atoms with E-state index in [9.17, 15) is 4.79 Å². The molecule has 2 aromatic heterocycles. The Morgan fingerprint density at radius 1 is 1.28 bits per heavy atom. The van der Waals surface area contributed by atoms with Crippen molar-refractivity contribution in [3.05, 3.63) is 35.8 Å². The number of carbonyl (C=O) groups is 1. The van der Waals surface area contributed by atoms with Crippen LogP contribution < -0.4 is 10.6 Å². The van der Waals surface area contributed by atoms with Crippen LogP contribution in [0.2, 0.25) is 0 Å². The first-order valence-electron chi connectivity index (χ1n) is 8.94. The van der Waals surface area contributed by atoms with Gasteiger partial charge >= 0.3 is 0 Å².